The van der Waals surface area contributed by atoms with Gasteiger partial charge in [0.25, 0.3) is 0 Å². The number of halogens is 1. The van der Waals surface area contributed by atoms with Crippen LogP contribution < -0.4 is 5.73 Å². The molecule has 3 aromatic rings. The minimum absolute atomic E-state index is 0.233. The summed E-state index contributed by atoms with van der Waals surface area (Å²) in [6.07, 6.45) is 0. The molecule has 23 heavy (non-hydrogen) atoms. The monoisotopic (exact) mass is 319 g/mol. The van der Waals surface area contributed by atoms with E-state index in [1.165, 1.54) is 0 Å². The molecule has 2 aromatic carbocycles. The van der Waals surface area contributed by atoms with Gasteiger partial charge in [0.15, 0.2) is 0 Å². The molecule has 0 radical (unpaired) electrons. The van der Waals surface area contributed by atoms with Gasteiger partial charge in [-0.3, -0.25) is 0 Å². The van der Waals surface area contributed by atoms with E-state index in [0.29, 0.717) is 10.6 Å². The van der Waals surface area contributed by atoms with E-state index in [-0.39, 0.29) is 5.82 Å². The van der Waals surface area contributed by atoms with Crippen LogP contribution in [0.4, 0.5) is 5.82 Å². The molecule has 112 valence electrons. The van der Waals surface area contributed by atoms with Gasteiger partial charge >= 0.3 is 0 Å². The van der Waals surface area contributed by atoms with Crippen molar-refractivity contribution < 1.29 is 0 Å². The molecule has 0 fully saturated rings. The van der Waals surface area contributed by atoms with E-state index in [9.17, 15) is 5.26 Å². The molecule has 2 N–H and O–H groups in total. The predicted molar refractivity (Wildman–Crippen MR) is 94.0 cm³/mol. The van der Waals surface area contributed by atoms with Crippen molar-refractivity contribution in [1.29, 1.82) is 5.26 Å². The Balaban J connectivity index is 2.22. The summed E-state index contributed by atoms with van der Waals surface area (Å²) in [5.41, 5.74) is 10.9. The van der Waals surface area contributed by atoms with Gasteiger partial charge in [0, 0.05) is 16.1 Å². The fourth-order valence-electron chi connectivity index (χ4n) is 2.49. The molecule has 0 aliphatic carbocycles. The summed E-state index contributed by atoms with van der Waals surface area (Å²) in [6, 6.07) is 19.4. The average molecular weight is 320 g/mol. The molecule has 4 heteroatoms. The summed E-state index contributed by atoms with van der Waals surface area (Å²) >= 11 is 5.95. The minimum Gasteiger partial charge on any atom is -0.383 e. The van der Waals surface area contributed by atoms with Crippen molar-refractivity contribution in [2.24, 2.45) is 0 Å². The van der Waals surface area contributed by atoms with Crippen molar-refractivity contribution >= 4 is 17.4 Å². The van der Waals surface area contributed by atoms with Crippen LogP contribution in [0, 0.1) is 18.3 Å². The van der Waals surface area contributed by atoms with Crippen molar-refractivity contribution in [3.05, 3.63) is 70.7 Å². The van der Waals surface area contributed by atoms with E-state index in [4.69, 9.17) is 17.3 Å². The molecule has 0 bridgehead atoms. The van der Waals surface area contributed by atoms with Gasteiger partial charge in [0.05, 0.1) is 5.69 Å². The van der Waals surface area contributed by atoms with Gasteiger partial charge in [0.1, 0.15) is 17.5 Å². The Morgan fingerprint density at radius 1 is 1.04 bits per heavy atom. The number of benzene rings is 2. The fraction of sp³-hybridized carbons (Fsp3) is 0.0526. The van der Waals surface area contributed by atoms with Crippen molar-refractivity contribution in [1.82, 2.24) is 4.98 Å². The highest BCUT2D eigenvalue weighted by molar-refractivity contribution is 6.30. The largest absolute Gasteiger partial charge is 0.383 e. The van der Waals surface area contributed by atoms with E-state index < -0.39 is 0 Å². The number of nitriles is 1. The van der Waals surface area contributed by atoms with E-state index in [1.54, 1.807) is 12.1 Å². The van der Waals surface area contributed by atoms with Crippen LogP contribution in [0.3, 0.4) is 0 Å². The number of hydrogen-bond donors (Lipinski definition) is 1. The summed E-state index contributed by atoms with van der Waals surface area (Å²) in [5.74, 6) is 0.233. The lowest BCUT2D eigenvalue weighted by Crippen LogP contribution is -1.99. The number of anilines is 1. The first-order valence-corrected chi connectivity index (χ1v) is 7.50. The first-order chi connectivity index (χ1) is 11.1. The summed E-state index contributed by atoms with van der Waals surface area (Å²) < 4.78 is 0. The Morgan fingerprint density at radius 3 is 2.43 bits per heavy atom. The SMILES string of the molecule is Cc1cccc(-c2cc(-c3ccc(Cl)cc3)c(C#N)c(N)n2)c1. The van der Waals surface area contributed by atoms with Gasteiger partial charge in [-0.1, -0.05) is 47.5 Å². The molecule has 0 aliphatic rings. The number of nitrogen functional groups attached to an aromatic ring is 1. The predicted octanol–water partition coefficient (Wildman–Crippen LogP) is 4.83. The van der Waals surface area contributed by atoms with Crippen LogP contribution in [0.1, 0.15) is 11.1 Å². The highest BCUT2D eigenvalue weighted by atomic mass is 35.5. The van der Waals surface area contributed by atoms with Crippen molar-refractivity contribution in [2.75, 3.05) is 5.73 Å². The summed E-state index contributed by atoms with van der Waals surface area (Å²) in [5, 5.41) is 10.1. The second-order valence-electron chi connectivity index (χ2n) is 5.30. The van der Waals surface area contributed by atoms with Gasteiger partial charge in [-0.15, -0.1) is 0 Å². The molecule has 3 rings (SSSR count). The van der Waals surface area contributed by atoms with Crippen molar-refractivity contribution in [2.45, 2.75) is 6.92 Å². The number of hydrogen-bond acceptors (Lipinski definition) is 3. The van der Waals surface area contributed by atoms with Gasteiger partial charge in [-0.05, 0) is 36.8 Å². The van der Waals surface area contributed by atoms with E-state index in [0.717, 1.165) is 27.9 Å². The maximum absolute atomic E-state index is 9.42. The fourth-order valence-corrected chi connectivity index (χ4v) is 2.62. The third-order valence-electron chi connectivity index (χ3n) is 3.63. The zero-order valence-corrected chi connectivity index (χ0v) is 13.3. The highest BCUT2D eigenvalue weighted by Gasteiger charge is 2.13. The number of nitrogens with zero attached hydrogens (tertiary/aromatic N) is 2. The summed E-state index contributed by atoms with van der Waals surface area (Å²) in [7, 11) is 0. The van der Waals surface area contributed by atoms with Crippen LogP contribution in [-0.4, -0.2) is 4.98 Å². The normalized spacial score (nSPS) is 10.3. The minimum atomic E-state index is 0.233. The van der Waals surface area contributed by atoms with Gasteiger partial charge in [-0.25, -0.2) is 4.98 Å². The first-order valence-electron chi connectivity index (χ1n) is 7.12. The lowest BCUT2D eigenvalue weighted by molar-refractivity contribution is 1.30. The number of nitrogens with two attached hydrogens (primary N) is 1. The van der Waals surface area contributed by atoms with Crippen LogP contribution in [-0.2, 0) is 0 Å². The lowest BCUT2D eigenvalue weighted by Gasteiger charge is -2.10. The van der Waals surface area contributed by atoms with Crippen LogP contribution in [0.5, 0.6) is 0 Å². The standard InChI is InChI=1S/C19H14ClN3/c1-12-3-2-4-14(9-12)18-10-16(17(11-21)19(22)23-18)13-5-7-15(20)8-6-13/h2-10H,1H3,(H2,22,23). The Morgan fingerprint density at radius 2 is 1.78 bits per heavy atom. The Labute approximate surface area is 140 Å². The number of aromatic nitrogens is 1. The zero-order chi connectivity index (χ0) is 16.4. The Hall–Kier alpha value is -2.83. The maximum Gasteiger partial charge on any atom is 0.142 e. The molecule has 0 saturated heterocycles. The van der Waals surface area contributed by atoms with Crippen LogP contribution in [0.15, 0.2) is 54.6 Å². The quantitative estimate of drug-likeness (QED) is 0.735. The third kappa shape index (κ3) is 3.03. The second-order valence-corrected chi connectivity index (χ2v) is 5.74. The van der Waals surface area contributed by atoms with Crippen LogP contribution in [0.2, 0.25) is 5.02 Å². The molecule has 1 heterocycles. The molecule has 0 saturated carbocycles. The number of aryl methyl sites for hydroxylation is 1. The zero-order valence-electron chi connectivity index (χ0n) is 12.5. The van der Waals surface area contributed by atoms with E-state index in [1.807, 2.05) is 49.4 Å². The molecular formula is C19H14ClN3. The molecular weight excluding hydrogens is 306 g/mol. The van der Waals surface area contributed by atoms with Gasteiger partial charge in [-0.2, -0.15) is 5.26 Å². The first kappa shape index (κ1) is 15.1. The molecule has 1 aromatic heterocycles. The van der Waals surface area contributed by atoms with Crippen LogP contribution in [0.25, 0.3) is 22.4 Å². The average Bonchev–Trinajstić information content (AvgIpc) is 2.55. The van der Waals surface area contributed by atoms with E-state index in [2.05, 4.69) is 11.1 Å². The number of pyridine rings is 1. The van der Waals surface area contributed by atoms with E-state index >= 15 is 0 Å². The molecule has 0 amide bonds. The maximum atomic E-state index is 9.42. The molecule has 3 nitrogen and oxygen atoms in total. The second kappa shape index (κ2) is 6.12. The third-order valence-corrected chi connectivity index (χ3v) is 3.88. The number of rotatable bonds is 2. The molecule has 0 unspecified atom stereocenters. The van der Waals surface area contributed by atoms with Crippen molar-refractivity contribution in [3.63, 3.8) is 0 Å². The highest BCUT2D eigenvalue weighted by Crippen LogP contribution is 2.31. The Bertz CT molecular complexity index is 909. The smallest absolute Gasteiger partial charge is 0.142 e. The topological polar surface area (TPSA) is 62.7 Å². The molecule has 0 atom stereocenters. The molecule has 0 aliphatic heterocycles. The molecule has 0 spiro atoms. The van der Waals surface area contributed by atoms with Gasteiger partial charge < -0.3 is 5.73 Å². The van der Waals surface area contributed by atoms with Gasteiger partial charge in [0.2, 0.25) is 0 Å². The summed E-state index contributed by atoms with van der Waals surface area (Å²) in [6.45, 7) is 2.02. The summed E-state index contributed by atoms with van der Waals surface area (Å²) in [4.78, 5) is 4.39. The van der Waals surface area contributed by atoms with Crippen LogP contribution >= 0.6 is 11.6 Å². The Kier molecular flexibility index (Phi) is 4.01. The lowest BCUT2D eigenvalue weighted by atomic mass is 9.98. The van der Waals surface area contributed by atoms with Crippen molar-refractivity contribution in [3.8, 4) is 28.5 Å².